The largest absolute Gasteiger partial charge is 0.374 e. The summed E-state index contributed by atoms with van der Waals surface area (Å²) in [5.74, 6) is 1.88. The zero-order valence-electron chi connectivity index (χ0n) is 13.0. The van der Waals surface area contributed by atoms with E-state index in [1.807, 2.05) is 0 Å². The van der Waals surface area contributed by atoms with Gasteiger partial charge in [0.25, 0.3) is 0 Å². The predicted octanol–water partition coefficient (Wildman–Crippen LogP) is 1.03. The van der Waals surface area contributed by atoms with Gasteiger partial charge in [0.1, 0.15) is 0 Å². The van der Waals surface area contributed by atoms with Gasteiger partial charge in [-0.15, -0.1) is 0 Å². The normalized spacial score (nSPS) is 30.0. The number of hydrogen-bond donors (Lipinski definition) is 1. The number of rotatable bonds is 6. The number of hydrogen-bond acceptors (Lipinski definition) is 4. The summed E-state index contributed by atoms with van der Waals surface area (Å²) >= 11 is 0. The van der Waals surface area contributed by atoms with E-state index in [9.17, 15) is 0 Å². The van der Waals surface area contributed by atoms with Crippen molar-refractivity contribution in [3.63, 3.8) is 0 Å². The van der Waals surface area contributed by atoms with Gasteiger partial charge in [0, 0.05) is 32.7 Å². The molecule has 2 saturated heterocycles. The Morgan fingerprint density at radius 2 is 1.75 bits per heavy atom. The van der Waals surface area contributed by atoms with Crippen molar-refractivity contribution >= 4 is 0 Å². The lowest BCUT2D eigenvalue weighted by Gasteiger charge is -2.36. The van der Waals surface area contributed by atoms with Gasteiger partial charge >= 0.3 is 0 Å². The molecule has 0 aromatic carbocycles. The fourth-order valence-electron chi connectivity index (χ4n) is 3.58. The van der Waals surface area contributed by atoms with Crippen molar-refractivity contribution in [3.8, 4) is 0 Å². The van der Waals surface area contributed by atoms with Crippen LogP contribution in [0.5, 0.6) is 0 Å². The summed E-state index contributed by atoms with van der Waals surface area (Å²) < 4.78 is 5.97. The van der Waals surface area contributed by atoms with Crippen molar-refractivity contribution in [2.24, 2.45) is 11.8 Å². The molecule has 4 nitrogen and oxygen atoms in total. The molecular formula is C16H31N3O. The molecule has 0 amide bonds. The van der Waals surface area contributed by atoms with Gasteiger partial charge in [0.2, 0.25) is 0 Å². The van der Waals surface area contributed by atoms with Crippen molar-refractivity contribution in [2.75, 3.05) is 59.5 Å². The minimum atomic E-state index is 0.425. The predicted molar refractivity (Wildman–Crippen MR) is 82.0 cm³/mol. The van der Waals surface area contributed by atoms with Crippen molar-refractivity contribution in [1.29, 1.82) is 0 Å². The first kappa shape index (κ1) is 14.8. The van der Waals surface area contributed by atoms with Crippen LogP contribution in [0.2, 0.25) is 0 Å². The third-order valence-corrected chi connectivity index (χ3v) is 4.99. The highest BCUT2D eigenvalue weighted by Gasteiger charge is 2.28. The molecule has 1 atom stereocenters. The Bertz CT molecular complexity index is 289. The van der Waals surface area contributed by atoms with Gasteiger partial charge in [-0.1, -0.05) is 0 Å². The Morgan fingerprint density at radius 1 is 1.05 bits per heavy atom. The van der Waals surface area contributed by atoms with Crippen LogP contribution < -0.4 is 5.32 Å². The average Bonchev–Trinajstić information content (AvgIpc) is 3.24. The first-order valence-electron chi connectivity index (χ1n) is 8.53. The van der Waals surface area contributed by atoms with Crippen LogP contribution in [0.15, 0.2) is 0 Å². The molecule has 3 rings (SSSR count). The minimum absolute atomic E-state index is 0.425. The lowest BCUT2D eigenvalue weighted by Crippen LogP contribution is -2.48. The van der Waals surface area contributed by atoms with Gasteiger partial charge in [0.05, 0.1) is 12.7 Å². The van der Waals surface area contributed by atoms with Gasteiger partial charge in [-0.3, -0.25) is 0 Å². The molecule has 3 aliphatic rings. The van der Waals surface area contributed by atoms with Crippen LogP contribution >= 0.6 is 0 Å². The van der Waals surface area contributed by atoms with Gasteiger partial charge in [-0.25, -0.2) is 0 Å². The van der Waals surface area contributed by atoms with Crippen molar-refractivity contribution in [2.45, 2.75) is 31.8 Å². The SMILES string of the molecule is CN1CCOC(CN(CC2CCNCC2)CC2CC2)C1. The number of nitrogens with zero attached hydrogens (tertiary/aromatic N) is 2. The Balaban J connectivity index is 1.48. The molecule has 1 saturated carbocycles. The molecule has 3 fully saturated rings. The molecule has 1 N–H and O–H groups in total. The van der Waals surface area contributed by atoms with Gasteiger partial charge < -0.3 is 19.9 Å². The third kappa shape index (κ3) is 4.69. The molecule has 0 aromatic heterocycles. The van der Waals surface area contributed by atoms with Crippen LogP contribution in [0, 0.1) is 11.8 Å². The van der Waals surface area contributed by atoms with E-state index in [-0.39, 0.29) is 0 Å². The fraction of sp³-hybridized carbons (Fsp3) is 1.00. The van der Waals surface area contributed by atoms with Crippen LogP contribution in [0.4, 0.5) is 0 Å². The summed E-state index contributed by atoms with van der Waals surface area (Å²) in [6, 6.07) is 0. The van der Waals surface area contributed by atoms with Crippen LogP contribution in [0.3, 0.4) is 0 Å². The molecule has 0 spiro atoms. The standard InChI is InChI=1S/C16H31N3O/c1-18-8-9-20-16(12-18)13-19(10-14-2-3-14)11-15-4-6-17-7-5-15/h14-17H,2-13H2,1H3. The van der Waals surface area contributed by atoms with E-state index in [0.717, 1.165) is 38.1 Å². The highest BCUT2D eigenvalue weighted by molar-refractivity contribution is 4.82. The van der Waals surface area contributed by atoms with E-state index in [1.54, 1.807) is 0 Å². The van der Waals surface area contributed by atoms with Crippen LogP contribution in [-0.2, 0) is 4.74 Å². The number of nitrogens with one attached hydrogen (secondary N) is 1. The lowest BCUT2D eigenvalue weighted by molar-refractivity contribution is -0.0383. The van der Waals surface area contributed by atoms with Gasteiger partial charge in [-0.2, -0.15) is 0 Å². The maximum atomic E-state index is 5.97. The maximum absolute atomic E-state index is 5.97. The molecule has 116 valence electrons. The van der Waals surface area contributed by atoms with Gasteiger partial charge in [-0.05, 0) is 57.7 Å². The van der Waals surface area contributed by atoms with Gasteiger partial charge in [0.15, 0.2) is 0 Å². The molecule has 20 heavy (non-hydrogen) atoms. The molecule has 0 radical (unpaired) electrons. The maximum Gasteiger partial charge on any atom is 0.0829 e. The summed E-state index contributed by atoms with van der Waals surface area (Å²) in [7, 11) is 2.22. The van der Waals surface area contributed by atoms with E-state index in [2.05, 4.69) is 22.2 Å². The monoisotopic (exact) mass is 281 g/mol. The zero-order valence-corrected chi connectivity index (χ0v) is 13.0. The number of piperidine rings is 1. The Kier molecular flexibility index (Phi) is 5.32. The number of morpholine rings is 1. The second-order valence-corrected chi connectivity index (χ2v) is 7.11. The lowest BCUT2D eigenvalue weighted by atomic mass is 9.97. The summed E-state index contributed by atoms with van der Waals surface area (Å²) in [5, 5.41) is 3.48. The van der Waals surface area contributed by atoms with E-state index in [0.29, 0.717) is 6.10 Å². The topological polar surface area (TPSA) is 27.7 Å². The van der Waals surface area contributed by atoms with E-state index in [4.69, 9.17) is 4.74 Å². The number of ether oxygens (including phenoxy) is 1. The minimum Gasteiger partial charge on any atom is -0.374 e. The Hall–Kier alpha value is -0.160. The van der Waals surface area contributed by atoms with Crippen LogP contribution in [-0.4, -0.2) is 75.4 Å². The average molecular weight is 281 g/mol. The van der Waals surface area contributed by atoms with E-state index < -0.39 is 0 Å². The zero-order chi connectivity index (χ0) is 13.8. The van der Waals surface area contributed by atoms with E-state index >= 15 is 0 Å². The molecule has 2 heterocycles. The second-order valence-electron chi connectivity index (χ2n) is 7.11. The molecule has 1 unspecified atom stereocenters. The first-order chi connectivity index (χ1) is 9.79. The molecule has 4 heteroatoms. The molecule has 0 bridgehead atoms. The van der Waals surface area contributed by atoms with Crippen LogP contribution in [0.25, 0.3) is 0 Å². The molecule has 0 aromatic rings. The summed E-state index contributed by atoms with van der Waals surface area (Å²) in [4.78, 5) is 5.13. The van der Waals surface area contributed by atoms with E-state index in [1.165, 1.54) is 51.9 Å². The molecule has 2 aliphatic heterocycles. The molecular weight excluding hydrogens is 250 g/mol. The Labute approximate surface area is 123 Å². The van der Waals surface area contributed by atoms with Crippen molar-refractivity contribution in [3.05, 3.63) is 0 Å². The van der Waals surface area contributed by atoms with Crippen LogP contribution in [0.1, 0.15) is 25.7 Å². The highest BCUT2D eigenvalue weighted by Crippen LogP contribution is 2.30. The Morgan fingerprint density at radius 3 is 2.40 bits per heavy atom. The fourth-order valence-corrected chi connectivity index (χ4v) is 3.58. The third-order valence-electron chi connectivity index (χ3n) is 4.99. The molecule has 1 aliphatic carbocycles. The smallest absolute Gasteiger partial charge is 0.0829 e. The summed E-state index contributed by atoms with van der Waals surface area (Å²) in [6.07, 6.45) is 6.04. The second kappa shape index (κ2) is 7.21. The summed E-state index contributed by atoms with van der Waals surface area (Å²) in [6.45, 7) is 9.28. The first-order valence-corrected chi connectivity index (χ1v) is 8.53. The highest BCUT2D eigenvalue weighted by atomic mass is 16.5. The quantitative estimate of drug-likeness (QED) is 0.787. The number of likely N-dealkylation sites (N-methyl/N-ethyl adjacent to an activating group) is 1. The van der Waals surface area contributed by atoms with Crippen molar-refractivity contribution in [1.82, 2.24) is 15.1 Å². The van der Waals surface area contributed by atoms with Crippen molar-refractivity contribution < 1.29 is 4.74 Å². The summed E-state index contributed by atoms with van der Waals surface area (Å²) in [5.41, 5.74) is 0.